The third kappa shape index (κ3) is 1.26. The Bertz CT molecular complexity index is 194. The van der Waals surface area contributed by atoms with Gasteiger partial charge in [0.2, 0.25) is 0 Å². The van der Waals surface area contributed by atoms with Crippen molar-refractivity contribution < 1.29 is 5.11 Å². The molecule has 0 fully saturated rings. The van der Waals surface area contributed by atoms with Gasteiger partial charge in [-0.1, -0.05) is 5.21 Å². The zero-order valence-corrected chi connectivity index (χ0v) is 5.44. The number of aryl methyl sites for hydroxylation is 1. The molecule has 4 nitrogen and oxygen atoms in total. The van der Waals surface area contributed by atoms with Crippen LogP contribution in [0.4, 0.5) is 0 Å². The highest BCUT2D eigenvalue weighted by Crippen LogP contribution is 2.04. The van der Waals surface area contributed by atoms with Crippen molar-refractivity contribution in [2.75, 3.05) is 0 Å². The molecule has 0 saturated heterocycles. The van der Waals surface area contributed by atoms with E-state index in [0.29, 0.717) is 5.69 Å². The molecule has 50 valence electrons. The van der Waals surface area contributed by atoms with E-state index in [1.807, 2.05) is 0 Å². The summed E-state index contributed by atoms with van der Waals surface area (Å²) < 4.78 is 1.56. The number of aliphatic hydroxyl groups excluding tert-OH is 1. The molecule has 1 aromatic heterocycles. The predicted octanol–water partition coefficient (Wildman–Crippen LogP) is -0.132. The average Bonchev–Trinajstić information content (AvgIpc) is 2.14. The predicted molar refractivity (Wildman–Crippen MR) is 31.6 cm³/mol. The Labute approximate surface area is 53.1 Å². The first kappa shape index (κ1) is 6.22. The van der Waals surface area contributed by atoms with Crippen molar-refractivity contribution in [1.82, 2.24) is 15.0 Å². The lowest BCUT2D eigenvalue weighted by molar-refractivity contribution is 0.194. The molecular formula is C5H9N3O. The highest BCUT2D eigenvalue weighted by Gasteiger charge is 2.02. The van der Waals surface area contributed by atoms with Gasteiger partial charge in [0.25, 0.3) is 0 Å². The maximum absolute atomic E-state index is 8.92. The van der Waals surface area contributed by atoms with E-state index in [2.05, 4.69) is 10.3 Å². The number of aliphatic hydroxyl groups is 1. The lowest BCUT2D eigenvalue weighted by Crippen LogP contribution is -1.89. The molecule has 1 atom stereocenters. The standard InChI is InChI=1S/C5H9N3O/c1-4(9)5-3-8(2)7-6-5/h3-4,9H,1-2H3/t4-/m0/s1. The fourth-order valence-electron chi connectivity index (χ4n) is 0.557. The van der Waals surface area contributed by atoms with Gasteiger partial charge in [-0.2, -0.15) is 0 Å². The van der Waals surface area contributed by atoms with Gasteiger partial charge in [0, 0.05) is 7.05 Å². The van der Waals surface area contributed by atoms with Gasteiger partial charge in [0.05, 0.1) is 12.3 Å². The molecule has 0 unspecified atom stereocenters. The van der Waals surface area contributed by atoms with Gasteiger partial charge in [-0.05, 0) is 6.92 Å². The van der Waals surface area contributed by atoms with Crippen molar-refractivity contribution in [2.45, 2.75) is 13.0 Å². The summed E-state index contributed by atoms with van der Waals surface area (Å²) in [6, 6.07) is 0. The van der Waals surface area contributed by atoms with Gasteiger partial charge in [0.15, 0.2) is 0 Å². The molecule has 9 heavy (non-hydrogen) atoms. The maximum Gasteiger partial charge on any atom is 0.111 e. The highest BCUT2D eigenvalue weighted by molar-refractivity contribution is 4.94. The van der Waals surface area contributed by atoms with E-state index in [1.54, 1.807) is 24.9 Å². The van der Waals surface area contributed by atoms with E-state index < -0.39 is 6.10 Å². The molecule has 0 saturated carbocycles. The second-order valence-corrected chi connectivity index (χ2v) is 1.99. The van der Waals surface area contributed by atoms with Crippen LogP contribution in [0.2, 0.25) is 0 Å². The lowest BCUT2D eigenvalue weighted by atomic mass is 10.3. The molecule has 0 aliphatic carbocycles. The fourth-order valence-corrected chi connectivity index (χ4v) is 0.557. The van der Waals surface area contributed by atoms with Crippen LogP contribution in [0.15, 0.2) is 6.20 Å². The molecule has 0 aromatic carbocycles. The normalized spacial score (nSPS) is 13.7. The molecule has 0 aliphatic heterocycles. The summed E-state index contributed by atoms with van der Waals surface area (Å²) in [6.07, 6.45) is 1.17. The van der Waals surface area contributed by atoms with Crippen molar-refractivity contribution in [3.8, 4) is 0 Å². The Hall–Kier alpha value is -0.900. The molecule has 0 spiro atoms. The van der Waals surface area contributed by atoms with Crippen molar-refractivity contribution >= 4 is 0 Å². The summed E-state index contributed by atoms with van der Waals surface area (Å²) in [5, 5.41) is 16.2. The van der Waals surface area contributed by atoms with Gasteiger partial charge in [-0.25, -0.2) is 0 Å². The number of rotatable bonds is 1. The SMILES string of the molecule is C[C@H](O)c1cn(C)nn1. The van der Waals surface area contributed by atoms with E-state index in [4.69, 9.17) is 5.11 Å². The quantitative estimate of drug-likeness (QED) is 0.571. The van der Waals surface area contributed by atoms with Gasteiger partial charge in [-0.15, -0.1) is 5.10 Å². The van der Waals surface area contributed by atoms with Crippen LogP contribution in [-0.2, 0) is 7.05 Å². The van der Waals surface area contributed by atoms with Crippen LogP contribution < -0.4 is 0 Å². The fraction of sp³-hybridized carbons (Fsp3) is 0.600. The number of hydrogen-bond donors (Lipinski definition) is 1. The monoisotopic (exact) mass is 127 g/mol. The van der Waals surface area contributed by atoms with Crippen molar-refractivity contribution in [1.29, 1.82) is 0 Å². The molecule has 4 heteroatoms. The summed E-state index contributed by atoms with van der Waals surface area (Å²) in [5.41, 5.74) is 0.609. The minimum atomic E-state index is -0.515. The Balaban J connectivity index is 2.85. The number of nitrogens with zero attached hydrogens (tertiary/aromatic N) is 3. The number of aromatic nitrogens is 3. The Morgan fingerprint density at radius 1 is 1.78 bits per heavy atom. The zero-order valence-electron chi connectivity index (χ0n) is 5.44. The third-order valence-electron chi connectivity index (χ3n) is 1.05. The lowest BCUT2D eigenvalue weighted by Gasteiger charge is -1.92. The summed E-state index contributed by atoms with van der Waals surface area (Å²) in [4.78, 5) is 0. The van der Waals surface area contributed by atoms with E-state index >= 15 is 0 Å². The van der Waals surface area contributed by atoms with Gasteiger partial charge >= 0.3 is 0 Å². The van der Waals surface area contributed by atoms with Crippen molar-refractivity contribution in [3.05, 3.63) is 11.9 Å². The first-order valence-electron chi connectivity index (χ1n) is 2.74. The van der Waals surface area contributed by atoms with Gasteiger partial charge in [-0.3, -0.25) is 4.68 Å². The zero-order chi connectivity index (χ0) is 6.85. The summed E-state index contributed by atoms with van der Waals surface area (Å²) in [5.74, 6) is 0. The first-order chi connectivity index (χ1) is 4.20. The van der Waals surface area contributed by atoms with Crippen molar-refractivity contribution in [3.63, 3.8) is 0 Å². The molecule has 1 heterocycles. The largest absolute Gasteiger partial charge is 0.387 e. The van der Waals surface area contributed by atoms with Crippen LogP contribution in [-0.4, -0.2) is 20.1 Å². The van der Waals surface area contributed by atoms with Crippen LogP contribution in [0.5, 0.6) is 0 Å². The second kappa shape index (κ2) is 2.14. The Kier molecular flexibility index (Phi) is 1.48. The van der Waals surface area contributed by atoms with Crippen LogP contribution in [0.25, 0.3) is 0 Å². The van der Waals surface area contributed by atoms with Crippen LogP contribution in [0.3, 0.4) is 0 Å². The van der Waals surface area contributed by atoms with Crippen LogP contribution in [0.1, 0.15) is 18.7 Å². The molecule has 0 radical (unpaired) electrons. The van der Waals surface area contributed by atoms with E-state index in [9.17, 15) is 0 Å². The summed E-state index contributed by atoms with van der Waals surface area (Å²) >= 11 is 0. The van der Waals surface area contributed by atoms with Crippen molar-refractivity contribution in [2.24, 2.45) is 7.05 Å². The molecule has 1 rings (SSSR count). The van der Waals surface area contributed by atoms with Crippen LogP contribution >= 0.6 is 0 Å². The minimum absolute atomic E-state index is 0.515. The van der Waals surface area contributed by atoms with Gasteiger partial charge in [0.1, 0.15) is 5.69 Å². The topological polar surface area (TPSA) is 50.9 Å². The second-order valence-electron chi connectivity index (χ2n) is 1.99. The molecule has 1 aromatic rings. The van der Waals surface area contributed by atoms with Crippen LogP contribution in [0, 0.1) is 0 Å². The van der Waals surface area contributed by atoms with E-state index in [1.165, 1.54) is 0 Å². The van der Waals surface area contributed by atoms with Gasteiger partial charge < -0.3 is 5.11 Å². The molecule has 0 bridgehead atoms. The van der Waals surface area contributed by atoms with E-state index in [0.717, 1.165) is 0 Å². The van der Waals surface area contributed by atoms with E-state index in [-0.39, 0.29) is 0 Å². The minimum Gasteiger partial charge on any atom is -0.387 e. The molecule has 0 amide bonds. The molecule has 0 aliphatic rings. The number of hydrogen-bond acceptors (Lipinski definition) is 3. The Morgan fingerprint density at radius 3 is 2.67 bits per heavy atom. The maximum atomic E-state index is 8.92. The average molecular weight is 127 g/mol. The Morgan fingerprint density at radius 2 is 2.44 bits per heavy atom. The summed E-state index contributed by atoms with van der Waals surface area (Å²) in [7, 11) is 1.76. The smallest absolute Gasteiger partial charge is 0.111 e. The highest BCUT2D eigenvalue weighted by atomic mass is 16.3. The third-order valence-corrected chi connectivity index (χ3v) is 1.05. The molecular weight excluding hydrogens is 118 g/mol. The first-order valence-corrected chi connectivity index (χ1v) is 2.74. The summed E-state index contributed by atoms with van der Waals surface area (Å²) in [6.45, 7) is 1.66. The molecule has 1 N–H and O–H groups in total.